The topological polar surface area (TPSA) is 67.7 Å². The van der Waals surface area contributed by atoms with Gasteiger partial charge in [0.2, 0.25) is 0 Å². The molecule has 0 atom stereocenters. The number of nitrogens with one attached hydrogen (secondary N) is 2. The van der Waals surface area contributed by atoms with Crippen LogP contribution in [0.2, 0.25) is 0 Å². The Morgan fingerprint density at radius 2 is 2.04 bits per heavy atom. The van der Waals surface area contributed by atoms with E-state index in [0.717, 1.165) is 42.9 Å². The third kappa shape index (κ3) is 2.73. The average Bonchev–Trinajstić information content (AvgIpc) is 2.93. The molecule has 1 aliphatic heterocycles. The monoisotopic (exact) mass is 322 g/mol. The predicted molar refractivity (Wildman–Crippen MR) is 95.1 cm³/mol. The van der Waals surface area contributed by atoms with E-state index in [1.165, 1.54) is 16.8 Å². The Kier molecular flexibility index (Phi) is 3.90. The van der Waals surface area contributed by atoms with Crippen LogP contribution >= 0.6 is 0 Å². The molecule has 0 radical (unpaired) electrons. The number of aryl methyl sites for hydroxylation is 2. The minimum absolute atomic E-state index is 0.575. The lowest BCUT2D eigenvalue weighted by Crippen LogP contribution is -2.40. The van der Waals surface area contributed by atoms with Crippen molar-refractivity contribution in [3.63, 3.8) is 0 Å². The Morgan fingerprint density at radius 1 is 1.17 bits per heavy atom. The molecule has 124 valence electrons. The van der Waals surface area contributed by atoms with Crippen molar-refractivity contribution in [3.05, 3.63) is 47.7 Å². The number of hydrogen-bond donors (Lipinski definition) is 2. The number of hydrogen-bond acceptors (Lipinski definition) is 5. The van der Waals surface area contributed by atoms with E-state index in [9.17, 15) is 0 Å². The molecule has 0 amide bonds. The molecule has 0 spiro atoms. The molecule has 0 unspecified atom stereocenters. The van der Waals surface area contributed by atoms with Crippen LogP contribution < -0.4 is 10.6 Å². The van der Waals surface area contributed by atoms with Crippen LogP contribution in [0.25, 0.3) is 11.0 Å². The summed E-state index contributed by atoms with van der Waals surface area (Å²) < 4.78 is 2.00. The first-order valence-corrected chi connectivity index (χ1v) is 8.44. The molecule has 0 saturated carbocycles. The second-order valence-electron chi connectivity index (χ2n) is 6.35. The molecular formula is C18H22N6. The zero-order valence-corrected chi connectivity index (χ0v) is 14.1. The molecule has 0 aliphatic carbocycles. The van der Waals surface area contributed by atoms with E-state index in [1.807, 2.05) is 36.4 Å². The van der Waals surface area contributed by atoms with Crippen molar-refractivity contribution < 1.29 is 0 Å². The molecule has 1 saturated heterocycles. The number of fused-ring (bicyclic) bond motifs is 1. The molecule has 1 fully saturated rings. The van der Waals surface area contributed by atoms with Crippen LogP contribution in [-0.4, -0.2) is 32.6 Å². The highest BCUT2D eigenvalue weighted by Crippen LogP contribution is 2.22. The minimum atomic E-state index is 0.575. The molecule has 2 N–H and O–H groups in total. The maximum absolute atomic E-state index is 4.66. The summed E-state index contributed by atoms with van der Waals surface area (Å²) in [7, 11) is 1.99. The Hall–Kier alpha value is -2.47. The molecule has 4 heterocycles. The predicted octanol–water partition coefficient (Wildman–Crippen LogP) is 2.22. The maximum Gasteiger partial charge on any atom is 0.128 e. The Bertz CT molecular complexity index is 865. The maximum atomic E-state index is 4.66. The third-order valence-corrected chi connectivity index (χ3v) is 4.76. The van der Waals surface area contributed by atoms with E-state index in [1.54, 1.807) is 0 Å². The van der Waals surface area contributed by atoms with Gasteiger partial charge in [-0.1, -0.05) is 6.92 Å². The van der Waals surface area contributed by atoms with E-state index >= 15 is 0 Å². The molecule has 4 rings (SSSR count). The van der Waals surface area contributed by atoms with Gasteiger partial charge in [0.1, 0.15) is 11.3 Å². The van der Waals surface area contributed by atoms with Gasteiger partial charge in [0.05, 0.1) is 18.0 Å². The Balaban J connectivity index is 1.52. The van der Waals surface area contributed by atoms with Gasteiger partial charge in [-0.05, 0) is 23.6 Å². The van der Waals surface area contributed by atoms with Crippen molar-refractivity contribution >= 4 is 16.9 Å². The van der Waals surface area contributed by atoms with Crippen LogP contribution in [0.3, 0.4) is 0 Å². The zero-order chi connectivity index (χ0) is 16.5. The number of pyridine rings is 2. The number of anilines is 1. The van der Waals surface area contributed by atoms with Crippen molar-refractivity contribution in [2.45, 2.75) is 25.8 Å². The van der Waals surface area contributed by atoms with Gasteiger partial charge in [0, 0.05) is 50.6 Å². The van der Waals surface area contributed by atoms with Crippen LogP contribution in [0.4, 0.5) is 5.82 Å². The van der Waals surface area contributed by atoms with Crippen LogP contribution in [-0.2, 0) is 20.0 Å². The summed E-state index contributed by atoms with van der Waals surface area (Å²) in [6.07, 6.45) is 6.65. The summed E-state index contributed by atoms with van der Waals surface area (Å²) in [6, 6.07) is 4.30. The highest BCUT2D eigenvalue weighted by molar-refractivity contribution is 5.77. The normalized spacial score (nSPS) is 14.8. The number of imidazole rings is 1. The smallest absolute Gasteiger partial charge is 0.128 e. The summed E-state index contributed by atoms with van der Waals surface area (Å²) in [5.74, 6) is 1.44. The van der Waals surface area contributed by atoms with Gasteiger partial charge in [0.15, 0.2) is 0 Å². The molecule has 6 nitrogen and oxygen atoms in total. The lowest BCUT2D eigenvalue weighted by molar-refractivity contribution is 0.439. The summed E-state index contributed by atoms with van der Waals surface area (Å²) >= 11 is 0. The number of aromatic nitrogens is 4. The fraction of sp³-hybridized carbons (Fsp3) is 0.389. The highest BCUT2D eigenvalue weighted by atomic mass is 15.0. The van der Waals surface area contributed by atoms with Crippen molar-refractivity contribution in [1.29, 1.82) is 0 Å². The highest BCUT2D eigenvalue weighted by Gasteiger charge is 2.20. The first-order chi connectivity index (χ1) is 11.7. The van der Waals surface area contributed by atoms with Gasteiger partial charge in [-0.3, -0.25) is 4.98 Å². The zero-order valence-electron chi connectivity index (χ0n) is 14.1. The van der Waals surface area contributed by atoms with Crippen molar-refractivity contribution in [3.8, 4) is 0 Å². The van der Waals surface area contributed by atoms with E-state index in [-0.39, 0.29) is 0 Å². The van der Waals surface area contributed by atoms with Gasteiger partial charge in [-0.15, -0.1) is 0 Å². The fourth-order valence-electron chi connectivity index (χ4n) is 3.07. The van der Waals surface area contributed by atoms with Gasteiger partial charge in [-0.2, -0.15) is 0 Å². The average molecular weight is 322 g/mol. The van der Waals surface area contributed by atoms with Crippen molar-refractivity contribution in [2.75, 3.05) is 18.4 Å². The Labute approximate surface area is 141 Å². The van der Waals surface area contributed by atoms with Gasteiger partial charge in [0.25, 0.3) is 0 Å². The van der Waals surface area contributed by atoms with Gasteiger partial charge in [-0.25, -0.2) is 9.97 Å². The largest absolute Gasteiger partial charge is 0.366 e. The second kappa shape index (κ2) is 6.20. The Morgan fingerprint density at radius 3 is 2.79 bits per heavy atom. The van der Waals surface area contributed by atoms with E-state index in [2.05, 4.69) is 38.6 Å². The molecule has 0 aromatic carbocycles. The van der Waals surface area contributed by atoms with Crippen LogP contribution in [0.15, 0.2) is 30.9 Å². The fourth-order valence-corrected chi connectivity index (χ4v) is 3.07. The van der Waals surface area contributed by atoms with E-state index in [4.69, 9.17) is 0 Å². The third-order valence-electron chi connectivity index (χ3n) is 4.76. The summed E-state index contributed by atoms with van der Waals surface area (Å²) in [4.78, 5) is 13.4. The molecule has 3 aromatic rings. The summed E-state index contributed by atoms with van der Waals surface area (Å²) in [5.41, 5.74) is 5.80. The SMILES string of the molecule is CCc1cc(C2CNC2)ncc1CNc1cc2c(cn1)ncn2C. The van der Waals surface area contributed by atoms with Gasteiger partial charge >= 0.3 is 0 Å². The number of rotatable bonds is 5. The lowest BCUT2D eigenvalue weighted by atomic mass is 9.95. The van der Waals surface area contributed by atoms with Crippen LogP contribution in [0, 0.1) is 0 Å². The first-order valence-electron chi connectivity index (χ1n) is 8.44. The van der Waals surface area contributed by atoms with E-state index < -0.39 is 0 Å². The lowest BCUT2D eigenvalue weighted by Gasteiger charge is -2.27. The van der Waals surface area contributed by atoms with Crippen molar-refractivity contribution in [2.24, 2.45) is 7.05 Å². The molecule has 6 heteroatoms. The minimum Gasteiger partial charge on any atom is -0.366 e. The molecule has 1 aliphatic rings. The van der Waals surface area contributed by atoms with Crippen LogP contribution in [0.1, 0.15) is 29.7 Å². The summed E-state index contributed by atoms with van der Waals surface area (Å²) in [5, 5.41) is 6.72. The van der Waals surface area contributed by atoms with Crippen LogP contribution in [0.5, 0.6) is 0 Å². The van der Waals surface area contributed by atoms with E-state index in [0.29, 0.717) is 5.92 Å². The molecule has 0 bridgehead atoms. The molecule has 24 heavy (non-hydrogen) atoms. The summed E-state index contributed by atoms with van der Waals surface area (Å²) in [6.45, 7) is 5.02. The quantitative estimate of drug-likeness (QED) is 0.754. The standard InChI is InChI=1S/C18H22N6/c1-3-12-4-15(14-6-19-7-14)20-8-13(12)9-21-18-5-17-16(10-22-18)23-11-24(17)2/h4-5,8,10-11,14,19H,3,6-7,9H2,1-2H3,(H,21,22). The van der Waals surface area contributed by atoms with Gasteiger partial charge < -0.3 is 15.2 Å². The first kappa shape index (κ1) is 15.1. The van der Waals surface area contributed by atoms with Crippen molar-refractivity contribution in [1.82, 2.24) is 24.8 Å². The second-order valence-corrected chi connectivity index (χ2v) is 6.35. The molecular weight excluding hydrogens is 300 g/mol. The number of nitrogens with zero attached hydrogens (tertiary/aromatic N) is 4. The molecule has 3 aromatic heterocycles.